The van der Waals surface area contributed by atoms with E-state index in [0.717, 1.165) is 39.2 Å². The second kappa shape index (κ2) is 10.2. The molecule has 0 spiro atoms. The first-order valence-corrected chi connectivity index (χ1v) is 11.9. The molecule has 0 amide bonds. The number of halogens is 1. The van der Waals surface area contributed by atoms with Crippen molar-refractivity contribution < 1.29 is 9.53 Å². The zero-order valence-corrected chi connectivity index (χ0v) is 19.7. The number of carbonyl (C=O) groups is 1. The fraction of sp³-hybridized carbons (Fsp3) is 0.231. The highest BCUT2D eigenvalue weighted by molar-refractivity contribution is 7.99. The summed E-state index contributed by atoms with van der Waals surface area (Å²) >= 11 is 8.07. The first kappa shape index (κ1) is 22.4. The van der Waals surface area contributed by atoms with Gasteiger partial charge in [-0.1, -0.05) is 48.5 Å². The lowest BCUT2D eigenvalue weighted by molar-refractivity contribution is -0.143. The number of pyridine rings is 1. The van der Waals surface area contributed by atoms with Crippen LogP contribution in [0.1, 0.15) is 31.0 Å². The molecule has 0 bridgehead atoms. The lowest BCUT2D eigenvalue weighted by atomic mass is 10.2. The quantitative estimate of drug-likeness (QED) is 0.263. The first-order valence-electron chi connectivity index (χ1n) is 10.7. The van der Waals surface area contributed by atoms with E-state index in [9.17, 15) is 4.79 Å². The Morgan fingerprint density at radius 3 is 2.81 bits per heavy atom. The van der Waals surface area contributed by atoms with Gasteiger partial charge in [0, 0.05) is 44.9 Å². The maximum Gasteiger partial charge on any atom is 0.305 e. The van der Waals surface area contributed by atoms with Crippen molar-refractivity contribution in [2.45, 2.75) is 42.9 Å². The maximum atomic E-state index is 11.6. The van der Waals surface area contributed by atoms with Gasteiger partial charge in [-0.05, 0) is 55.3 Å². The minimum absolute atomic E-state index is 0.129. The van der Waals surface area contributed by atoms with Gasteiger partial charge in [-0.2, -0.15) is 0 Å². The molecule has 2 aromatic carbocycles. The van der Waals surface area contributed by atoms with Gasteiger partial charge in [0.1, 0.15) is 0 Å². The van der Waals surface area contributed by atoms with Crippen molar-refractivity contribution >= 4 is 40.2 Å². The van der Waals surface area contributed by atoms with Crippen LogP contribution in [0.5, 0.6) is 0 Å². The van der Waals surface area contributed by atoms with Gasteiger partial charge < -0.3 is 9.30 Å². The molecule has 0 fully saturated rings. The second-order valence-corrected chi connectivity index (χ2v) is 9.11. The van der Waals surface area contributed by atoms with Crippen molar-refractivity contribution in [3.8, 4) is 5.69 Å². The van der Waals surface area contributed by atoms with E-state index in [1.54, 1.807) is 18.0 Å². The van der Waals surface area contributed by atoms with E-state index in [1.807, 2.05) is 31.3 Å². The SMILES string of the molecule is CCCC(=O)OCCc1cccc(Sc2c(C)n(-c3cccnc3)c3cc(Cl)ccc23)c1. The van der Waals surface area contributed by atoms with Gasteiger partial charge in [0.05, 0.1) is 24.0 Å². The number of hydrogen-bond acceptors (Lipinski definition) is 4. The monoisotopic (exact) mass is 464 g/mol. The minimum Gasteiger partial charge on any atom is -0.465 e. The van der Waals surface area contributed by atoms with Crippen LogP contribution in [0.25, 0.3) is 16.6 Å². The molecule has 0 unspecified atom stereocenters. The second-order valence-electron chi connectivity index (χ2n) is 7.59. The molecule has 32 heavy (non-hydrogen) atoms. The standard InChI is InChI=1S/C26H25ClN2O2S/c1-3-6-25(30)31-14-12-19-7-4-9-22(15-19)32-26-18(2)29(21-8-5-13-28-17-21)24-16-20(27)10-11-23(24)26/h4-5,7-11,13,15-17H,3,6,12,14H2,1-2H3. The van der Waals surface area contributed by atoms with Crippen molar-refractivity contribution in [1.29, 1.82) is 0 Å². The maximum absolute atomic E-state index is 11.6. The van der Waals surface area contributed by atoms with Crippen LogP contribution in [0.4, 0.5) is 0 Å². The van der Waals surface area contributed by atoms with E-state index in [0.29, 0.717) is 24.5 Å². The van der Waals surface area contributed by atoms with E-state index in [1.165, 1.54) is 4.90 Å². The molecule has 2 aromatic heterocycles. The molecule has 0 saturated heterocycles. The summed E-state index contributed by atoms with van der Waals surface area (Å²) in [4.78, 5) is 18.2. The van der Waals surface area contributed by atoms with E-state index in [4.69, 9.17) is 16.3 Å². The highest BCUT2D eigenvalue weighted by Crippen LogP contribution is 2.40. The molecule has 0 radical (unpaired) electrons. The van der Waals surface area contributed by atoms with Crippen molar-refractivity contribution in [2.75, 3.05) is 6.61 Å². The molecular weight excluding hydrogens is 440 g/mol. The number of nitrogens with zero attached hydrogens (tertiary/aromatic N) is 2. The Labute approximate surface area is 197 Å². The summed E-state index contributed by atoms with van der Waals surface area (Å²) in [5.74, 6) is -0.129. The fourth-order valence-electron chi connectivity index (χ4n) is 3.75. The van der Waals surface area contributed by atoms with Crippen molar-refractivity contribution in [3.63, 3.8) is 0 Å². The Balaban J connectivity index is 1.63. The molecule has 6 heteroatoms. The predicted molar refractivity (Wildman–Crippen MR) is 131 cm³/mol. The van der Waals surface area contributed by atoms with Gasteiger partial charge in [-0.15, -0.1) is 0 Å². The number of fused-ring (bicyclic) bond motifs is 1. The third-order valence-electron chi connectivity index (χ3n) is 5.24. The topological polar surface area (TPSA) is 44.1 Å². The summed E-state index contributed by atoms with van der Waals surface area (Å²) in [6.07, 6.45) is 5.62. The van der Waals surface area contributed by atoms with Crippen LogP contribution < -0.4 is 0 Å². The Morgan fingerprint density at radius 2 is 2.03 bits per heavy atom. The van der Waals surface area contributed by atoms with Gasteiger partial charge >= 0.3 is 5.97 Å². The summed E-state index contributed by atoms with van der Waals surface area (Å²) in [6.45, 7) is 4.51. The van der Waals surface area contributed by atoms with E-state index in [-0.39, 0.29) is 5.97 Å². The lowest BCUT2D eigenvalue weighted by Gasteiger charge is -2.09. The molecule has 164 valence electrons. The average molecular weight is 465 g/mol. The van der Waals surface area contributed by atoms with Crippen molar-refractivity contribution in [3.05, 3.63) is 83.3 Å². The number of carbonyl (C=O) groups excluding carboxylic acids is 1. The fourth-order valence-corrected chi connectivity index (χ4v) is 5.03. The lowest BCUT2D eigenvalue weighted by Crippen LogP contribution is -2.06. The van der Waals surface area contributed by atoms with Gasteiger partial charge in [0.15, 0.2) is 0 Å². The molecule has 4 rings (SSSR count). The van der Waals surface area contributed by atoms with Gasteiger partial charge in [-0.25, -0.2) is 0 Å². The molecular formula is C26H25ClN2O2S. The van der Waals surface area contributed by atoms with Crippen molar-refractivity contribution in [1.82, 2.24) is 9.55 Å². The van der Waals surface area contributed by atoms with E-state index < -0.39 is 0 Å². The number of aromatic nitrogens is 2. The normalized spacial score (nSPS) is 11.1. The van der Waals surface area contributed by atoms with Crippen LogP contribution >= 0.6 is 23.4 Å². The average Bonchev–Trinajstić information content (AvgIpc) is 3.05. The Hall–Kier alpha value is -2.76. The summed E-state index contributed by atoms with van der Waals surface area (Å²) in [5.41, 5.74) is 4.35. The largest absolute Gasteiger partial charge is 0.465 e. The van der Waals surface area contributed by atoms with E-state index >= 15 is 0 Å². The smallest absolute Gasteiger partial charge is 0.305 e. The molecule has 0 N–H and O–H groups in total. The Bertz CT molecular complexity index is 1240. The molecule has 0 aliphatic rings. The number of benzene rings is 2. The number of ether oxygens (including phenoxy) is 1. The minimum atomic E-state index is -0.129. The summed E-state index contributed by atoms with van der Waals surface area (Å²) in [6, 6.07) is 18.4. The van der Waals surface area contributed by atoms with E-state index in [2.05, 4.69) is 52.9 Å². The van der Waals surface area contributed by atoms with Crippen LogP contribution in [0, 0.1) is 6.92 Å². The summed E-state index contributed by atoms with van der Waals surface area (Å²) < 4.78 is 7.52. The van der Waals surface area contributed by atoms with Crippen molar-refractivity contribution in [2.24, 2.45) is 0 Å². The van der Waals surface area contributed by atoms with Gasteiger partial charge in [-0.3, -0.25) is 9.78 Å². The first-order chi connectivity index (χ1) is 15.6. The number of rotatable bonds is 8. The van der Waals surface area contributed by atoms with Gasteiger partial charge in [0.25, 0.3) is 0 Å². The Kier molecular flexibility index (Phi) is 7.18. The van der Waals surface area contributed by atoms with Crippen LogP contribution in [0.15, 0.2) is 76.8 Å². The van der Waals surface area contributed by atoms with Crippen LogP contribution in [-0.2, 0) is 16.0 Å². The van der Waals surface area contributed by atoms with Gasteiger partial charge in [0.2, 0.25) is 0 Å². The number of esters is 1. The Morgan fingerprint density at radius 1 is 1.16 bits per heavy atom. The molecule has 0 aliphatic heterocycles. The molecule has 0 aliphatic carbocycles. The highest BCUT2D eigenvalue weighted by Gasteiger charge is 2.17. The van der Waals surface area contributed by atoms with Crippen LogP contribution in [0.2, 0.25) is 5.02 Å². The third kappa shape index (κ3) is 5.00. The molecule has 0 saturated carbocycles. The third-order valence-corrected chi connectivity index (χ3v) is 6.68. The number of hydrogen-bond donors (Lipinski definition) is 0. The molecule has 2 heterocycles. The summed E-state index contributed by atoms with van der Waals surface area (Å²) in [7, 11) is 0. The zero-order chi connectivity index (χ0) is 22.5. The predicted octanol–water partition coefficient (Wildman–Crippen LogP) is 7.02. The molecule has 4 aromatic rings. The van der Waals surface area contributed by atoms with Crippen LogP contribution in [-0.4, -0.2) is 22.1 Å². The van der Waals surface area contributed by atoms with Crippen LogP contribution in [0.3, 0.4) is 0 Å². The summed E-state index contributed by atoms with van der Waals surface area (Å²) in [5, 5.41) is 1.86. The zero-order valence-electron chi connectivity index (χ0n) is 18.2. The highest BCUT2D eigenvalue weighted by atomic mass is 35.5. The molecule has 4 nitrogen and oxygen atoms in total. The molecule has 0 atom stereocenters.